The Balaban J connectivity index is 1.17. The Labute approximate surface area is 194 Å². The third-order valence-corrected chi connectivity index (χ3v) is 5.89. The van der Waals surface area contributed by atoms with Crippen LogP contribution >= 0.6 is 23.2 Å². The quantitative estimate of drug-likeness (QED) is 0.436. The summed E-state index contributed by atoms with van der Waals surface area (Å²) in [5, 5.41) is 8.84. The number of hydrogen-bond donors (Lipinski definition) is 2. The largest absolute Gasteiger partial charge is 0.461 e. The van der Waals surface area contributed by atoms with Gasteiger partial charge in [-0.15, -0.1) is 5.10 Å². The summed E-state index contributed by atoms with van der Waals surface area (Å²) < 4.78 is 6.85. The number of hydrogen-bond acceptors (Lipinski definition) is 9. The van der Waals surface area contributed by atoms with Crippen molar-refractivity contribution in [1.82, 2.24) is 29.5 Å². The molecule has 3 N–H and O–H groups in total. The molecule has 4 aromatic heterocycles. The van der Waals surface area contributed by atoms with Gasteiger partial charge in [-0.05, 0) is 12.1 Å². The van der Waals surface area contributed by atoms with Crippen molar-refractivity contribution in [3.8, 4) is 11.6 Å². The van der Waals surface area contributed by atoms with Crippen molar-refractivity contribution in [1.29, 1.82) is 0 Å². The molecule has 0 unspecified atom stereocenters. The van der Waals surface area contributed by atoms with E-state index in [0.29, 0.717) is 39.0 Å². The molecule has 0 saturated carbocycles. The number of nitrogens with one attached hydrogen (secondary N) is 1. The lowest BCUT2D eigenvalue weighted by Gasteiger charge is -2.36. The second kappa shape index (κ2) is 8.81. The van der Waals surface area contributed by atoms with Gasteiger partial charge in [-0.2, -0.15) is 14.5 Å². The van der Waals surface area contributed by atoms with Crippen LogP contribution in [0.25, 0.3) is 17.4 Å². The lowest BCUT2D eigenvalue weighted by Crippen LogP contribution is -2.47. The second-order valence-electron chi connectivity index (χ2n) is 7.40. The number of pyridine rings is 1. The van der Waals surface area contributed by atoms with Crippen molar-refractivity contribution in [2.45, 2.75) is 0 Å². The maximum absolute atomic E-state index is 6.29. The molecule has 0 aliphatic carbocycles. The highest BCUT2D eigenvalue weighted by Gasteiger charge is 2.21. The number of nitrogen functional groups attached to an aromatic ring is 1. The molecule has 5 heterocycles. The summed E-state index contributed by atoms with van der Waals surface area (Å²) in [7, 11) is 0. The first-order chi connectivity index (χ1) is 15.6. The molecule has 0 bridgehead atoms. The molecule has 10 nitrogen and oxygen atoms in total. The summed E-state index contributed by atoms with van der Waals surface area (Å²) in [6.45, 7) is 5.08. The average molecular weight is 474 g/mol. The van der Waals surface area contributed by atoms with E-state index in [4.69, 9.17) is 33.4 Å². The zero-order valence-corrected chi connectivity index (χ0v) is 18.6. The van der Waals surface area contributed by atoms with E-state index in [9.17, 15) is 0 Å². The number of aromatic nitrogens is 5. The van der Waals surface area contributed by atoms with Gasteiger partial charge in [0.2, 0.25) is 5.82 Å². The number of piperazine rings is 1. The number of rotatable bonds is 6. The molecule has 0 spiro atoms. The molecule has 0 atom stereocenters. The number of halogens is 2. The van der Waals surface area contributed by atoms with Gasteiger partial charge in [0.05, 0.1) is 22.0 Å². The Bertz CT molecular complexity index is 1200. The Morgan fingerprint density at radius 2 is 1.88 bits per heavy atom. The van der Waals surface area contributed by atoms with Crippen molar-refractivity contribution < 1.29 is 4.42 Å². The van der Waals surface area contributed by atoms with E-state index < -0.39 is 0 Å². The van der Waals surface area contributed by atoms with E-state index in [1.807, 2.05) is 0 Å². The minimum absolute atomic E-state index is 0.415. The van der Waals surface area contributed by atoms with E-state index in [1.54, 1.807) is 36.9 Å². The predicted octanol–water partition coefficient (Wildman–Crippen LogP) is 2.90. The topological polar surface area (TPSA) is 114 Å². The highest BCUT2D eigenvalue weighted by Crippen LogP contribution is 2.33. The van der Waals surface area contributed by atoms with Crippen molar-refractivity contribution in [2.75, 3.05) is 55.2 Å². The maximum atomic E-state index is 6.29. The van der Waals surface area contributed by atoms with Crippen LogP contribution < -0.4 is 16.0 Å². The van der Waals surface area contributed by atoms with Crippen LogP contribution in [0.4, 0.5) is 17.3 Å². The van der Waals surface area contributed by atoms with E-state index in [-0.39, 0.29) is 0 Å². The predicted molar refractivity (Wildman–Crippen MR) is 124 cm³/mol. The van der Waals surface area contributed by atoms with Crippen LogP contribution in [0.3, 0.4) is 0 Å². The molecule has 4 aromatic rings. The van der Waals surface area contributed by atoms with Crippen LogP contribution in [-0.4, -0.2) is 68.7 Å². The van der Waals surface area contributed by atoms with Gasteiger partial charge < -0.3 is 20.4 Å². The molecular weight excluding hydrogens is 453 g/mol. The van der Waals surface area contributed by atoms with Gasteiger partial charge in [-0.1, -0.05) is 23.2 Å². The Morgan fingerprint density at radius 3 is 2.59 bits per heavy atom. The number of nitrogens with two attached hydrogens (primary N) is 1. The maximum Gasteiger partial charge on any atom is 0.256 e. The standard InChI is InChI=1S/C20H21Cl2N9O/c21-13-11-24-12-14(22)18(13)30-7-5-29(6-8-30)4-3-25-17-10-16(23)31-20(26-17)27-19(28-31)15-2-1-9-32-15/h1-2,9-12H,3-8,23H2,(H,25,26,27,28). The lowest BCUT2D eigenvalue weighted by atomic mass is 10.2. The fourth-order valence-corrected chi connectivity index (χ4v) is 4.34. The number of furan rings is 1. The fraction of sp³-hybridized carbons (Fsp3) is 0.300. The van der Waals surface area contributed by atoms with Gasteiger partial charge in [0.25, 0.3) is 5.78 Å². The summed E-state index contributed by atoms with van der Waals surface area (Å²) >= 11 is 12.6. The zero-order valence-electron chi connectivity index (χ0n) is 17.1. The second-order valence-corrected chi connectivity index (χ2v) is 8.21. The molecule has 166 valence electrons. The number of nitrogens with zero attached hydrogens (tertiary/aromatic N) is 7. The first-order valence-corrected chi connectivity index (χ1v) is 10.9. The zero-order chi connectivity index (χ0) is 22.1. The molecule has 5 rings (SSSR count). The van der Waals surface area contributed by atoms with Crippen LogP contribution in [0.5, 0.6) is 0 Å². The lowest BCUT2D eigenvalue weighted by molar-refractivity contribution is 0.267. The van der Waals surface area contributed by atoms with Gasteiger partial charge >= 0.3 is 0 Å². The summed E-state index contributed by atoms with van der Waals surface area (Å²) in [4.78, 5) is 17.5. The van der Waals surface area contributed by atoms with Crippen LogP contribution in [0.15, 0.2) is 41.3 Å². The third-order valence-electron chi connectivity index (χ3n) is 5.33. The summed E-state index contributed by atoms with van der Waals surface area (Å²) in [5.74, 6) is 2.53. The van der Waals surface area contributed by atoms with E-state index in [2.05, 4.69) is 35.2 Å². The number of anilines is 3. The van der Waals surface area contributed by atoms with Gasteiger partial charge in [0, 0.05) is 57.7 Å². The first kappa shape index (κ1) is 20.8. The summed E-state index contributed by atoms with van der Waals surface area (Å²) in [6.07, 6.45) is 4.83. The normalized spacial score (nSPS) is 14.9. The van der Waals surface area contributed by atoms with E-state index in [1.165, 1.54) is 4.52 Å². The van der Waals surface area contributed by atoms with E-state index in [0.717, 1.165) is 45.0 Å². The Hall–Kier alpha value is -3.08. The third kappa shape index (κ3) is 4.16. The molecule has 1 aliphatic rings. The van der Waals surface area contributed by atoms with Gasteiger partial charge in [-0.3, -0.25) is 9.88 Å². The molecule has 12 heteroatoms. The fourth-order valence-electron chi connectivity index (χ4n) is 3.74. The SMILES string of the molecule is Nc1cc(NCCN2CCN(c3c(Cl)cncc3Cl)CC2)nc2nc(-c3ccco3)nn12. The highest BCUT2D eigenvalue weighted by atomic mass is 35.5. The summed E-state index contributed by atoms with van der Waals surface area (Å²) in [6, 6.07) is 5.32. The molecule has 32 heavy (non-hydrogen) atoms. The Morgan fingerprint density at radius 1 is 1.09 bits per heavy atom. The van der Waals surface area contributed by atoms with Crippen molar-refractivity contribution in [3.05, 3.63) is 46.9 Å². The van der Waals surface area contributed by atoms with Crippen molar-refractivity contribution >= 4 is 46.3 Å². The molecule has 0 amide bonds. The van der Waals surface area contributed by atoms with E-state index >= 15 is 0 Å². The molecule has 0 aromatic carbocycles. The molecule has 1 saturated heterocycles. The molecular formula is C20H21Cl2N9O. The van der Waals surface area contributed by atoms with Crippen molar-refractivity contribution in [3.63, 3.8) is 0 Å². The monoisotopic (exact) mass is 473 g/mol. The van der Waals surface area contributed by atoms with Crippen LogP contribution in [-0.2, 0) is 0 Å². The average Bonchev–Trinajstić information content (AvgIpc) is 3.45. The summed E-state index contributed by atoms with van der Waals surface area (Å²) in [5.41, 5.74) is 7.00. The van der Waals surface area contributed by atoms with Gasteiger partial charge in [-0.25, -0.2) is 0 Å². The highest BCUT2D eigenvalue weighted by molar-refractivity contribution is 6.38. The molecule has 1 aliphatic heterocycles. The minimum Gasteiger partial charge on any atom is -0.461 e. The smallest absolute Gasteiger partial charge is 0.256 e. The van der Waals surface area contributed by atoms with Crippen LogP contribution in [0, 0.1) is 0 Å². The molecule has 1 fully saturated rings. The Kier molecular flexibility index (Phi) is 5.73. The first-order valence-electron chi connectivity index (χ1n) is 10.2. The van der Waals surface area contributed by atoms with Gasteiger partial charge in [0.15, 0.2) is 5.76 Å². The van der Waals surface area contributed by atoms with Crippen LogP contribution in [0.1, 0.15) is 0 Å². The van der Waals surface area contributed by atoms with Crippen molar-refractivity contribution in [2.24, 2.45) is 0 Å². The van der Waals surface area contributed by atoms with Gasteiger partial charge in [0.1, 0.15) is 11.6 Å². The number of fused-ring (bicyclic) bond motifs is 1. The van der Waals surface area contributed by atoms with Crippen LogP contribution in [0.2, 0.25) is 10.0 Å². The molecule has 0 radical (unpaired) electrons. The minimum atomic E-state index is 0.415.